The number of benzene rings is 2. The predicted molar refractivity (Wildman–Crippen MR) is 131 cm³/mol. The number of carbonyl (C=O) groups excluding carboxylic acids is 1. The molecular weight excluding hydrogens is 438 g/mol. The number of aromatic nitrogens is 2. The molecule has 1 amide bonds. The van der Waals surface area contributed by atoms with Gasteiger partial charge in [-0.1, -0.05) is 53.7 Å². The van der Waals surface area contributed by atoms with E-state index in [1.54, 1.807) is 4.57 Å². The molecule has 1 atom stereocenters. The average Bonchev–Trinajstić information content (AvgIpc) is 3.41. The number of rotatable bonds is 5. The third-order valence-corrected chi connectivity index (χ3v) is 7.67. The number of thiophene rings is 1. The van der Waals surface area contributed by atoms with Crippen LogP contribution in [0.15, 0.2) is 63.9 Å². The van der Waals surface area contributed by atoms with Crippen LogP contribution < -0.4 is 10.9 Å². The summed E-state index contributed by atoms with van der Waals surface area (Å²) in [7, 11) is 0. The van der Waals surface area contributed by atoms with E-state index in [9.17, 15) is 9.59 Å². The third kappa shape index (κ3) is 3.87. The van der Waals surface area contributed by atoms with E-state index in [4.69, 9.17) is 4.98 Å². The number of hydrogen-bond acceptors (Lipinski definition) is 5. The predicted octanol–water partition coefficient (Wildman–Crippen LogP) is 4.96. The molecule has 0 bridgehead atoms. The van der Waals surface area contributed by atoms with Crippen LogP contribution in [-0.2, 0) is 11.2 Å². The Morgan fingerprint density at radius 1 is 1.22 bits per heavy atom. The van der Waals surface area contributed by atoms with Crippen LogP contribution in [0.25, 0.3) is 15.9 Å². The van der Waals surface area contributed by atoms with Crippen molar-refractivity contribution in [2.75, 3.05) is 5.75 Å². The van der Waals surface area contributed by atoms with Gasteiger partial charge in [0, 0.05) is 0 Å². The molecule has 5 nitrogen and oxygen atoms in total. The molecule has 0 aliphatic heterocycles. The van der Waals surface area contributed by atoms with Crippen LogP contribution >= 0.6 is 23.1 Å². The van der Waals surface area contributed by atoms with Crippen LogP contribution in [0.3, 0.4) is 0 Å². The maximum atomic E-state index is 13.3. The van der Waals surface area contributed by atoms with Gasteiger partial charge < -0.3 is 5.32 Å². The normalized spacial score (nSPS) is 15.1. The molecule has 0 saturated heterocycles. The van der Waals surface area contributed by atoms with Gasteiger partial charge in [0.1, 0.15) is 4.70 Å². The molecule has 32 heavy (non-hydrogen) atoms. The van der Waals surface area contributed by atoms with Crippen molar-refractivity contribution in [3.05, 3.63) is 86.5 Å². The first-order valence-electron chi connectivity index (χ1n) is 10.6. The Kier molecular flexibility index (Phi) is 5.61. The molecule has 7 heteroatoms. The van der Waals surface area contributed by atoms with Crippen molar-refractivity contribution in [3.63, 3.8) is 0 Å². The fraction of sp³-hybridized carbons (Fsp3) is 0.240. The molecule has 5 rings (SSSR count). The van der Waals surface area contributed by atoms with Gasteiger partial charge in [0.2, 0.25) is 5.91 Å². The second-order valence-corrected chi connectivity index (χ2v) is 9.96. The summed E-state index contributed by atoms with van der Waals surface area (Å²) in [4.78, 5) is 30.9. The third-order valence-electron chi connectivity index (χ3n) is 5.84. The number of amides is 1. The molecule has 2 heterocycles. The number of thioether (sulfide) groups is 1. The number of nitrogens with zero attached hydrogens (tertiary/aromatic N) is 2. The second-order valence-electron chi connectivity index (χ2n) is 8.11. The summed E-state index contributed by atoms with van der Waals surface area (Å²) in [5.41, 5.74) is 6.03. The van der Waals surface area contributed by atoms with E-state index >= 15 is 0 Å². The Morgan fingerprint density at radius 3 is 2.91 bits per heavy atom. The Bertz CT molecular complexity index is 1390. The average molecular weight is 462 g/mol. The lowest BCUT2D eigenvalue weighted by molar-refractivity contribution is -0.119. The van der Waals surface area contributed by atoms with Crippen molar-refractivity contribution in [1.29, 1.82) is 0 Å². The van der Waals surface area contributed by atoms with Gasteiger partial charge in [-0.3, -0.25) is 14.2 Å². The molecule has 0 radical (unpaired) electrons. The molecule has 0 unspecified atom stereocenters. The highest BCUT2D eigenvalue weighted by Gasteiger charge is 2.24. The van der Waals surface area contributed by atoms with Gasteiger partial charge in [0.25, 0.3) is 5.56 Å². The van der Waals surface area contributed by atoms with E-state index in [0.717, 1.165) is 29.7 Å². The van der Waals surface area contributed by atoms with Crippen LogP contribution in [0.4, 0.5) is 0 Å². The van der Waals surface area contributed by atoms with Crippen LogP contribution in [-0.4, -0.2) is 21.2 Å². The largest absolute Gasteiger partial charge is 0.349 e. The minimum absolute atomic E-state index is 0.0492. The van der Waals surface area contributed by atoms with Gasteiger partial charge in [0.05, 0.1) is 23.0 Å². The van der Waals surface area contributed by atoms with E-state index in [1.807, 2.05) is 49.6 Å². The first-order valence-corrected chi connectivity index (χ1v) is 12.5. The number of nitrogens with one attached hydrogen (secondary N) is 1. The standard InChI is InChI=1S/C25H23N3O2S2/c1-15-7-10-21(16(2)13-15)28-24(30)23-20(11-12-31-23)27-25(28)32-14-22(29)26-19-9-8-17-5-3-4-6-18(17)19/h3-7,10-13,19H,8-9,14H2,1-2H3,(H,26,29)/t19-/m1/s1. The number of hydrogen-bond donors (Lipinski definition) is 1. The summed E-state index contributed by atoms with van der Waals surface area (Å²) in [5, 5.41) is 5.57. The van der Waals surface area contributed by atoms with Crippen LogP contribution in [0.1, 0.15) is 34.7 Å². The fourth-order valence-electron chi connectivity index (χ4n) is 4.33. The number of carbonyl (C=O) groups is 1. The van der Waals surface area contributed by atoms with Crippen molar-refractivity contribution in [3.8, 4) is 5.69 Å². The van der Waals surface area contributed by atoms with Gasteiger partial charge in [-0.05, 0) is 60.9 Å². The molecule has 1 N–H and O–H groups in total. The highest BCUT2D eigenvalue weighted by atomic mass is 32.2. The summed E-state index contributed by atoms with van der Waals surface area (Å²) in [6.45, 7) is 4.02. The maximum absolute atomic E-state index is 13.3. The van der Waals surface area contributed by atoms with Crippen molar-refractivity contribution in [2.24, 2.45) is 0 Å². The quantitative estimate of drug-likeness (QED) is 0.337. The molecule has 2 aromatic heterocycles. The Morgan fingerprint density at radius 2 is 2.06 bits per heavy atom. The molecule has 4 aromatic rings. The SMILES string of the molecule is Cc1ccc(-n2c(SCC(=O)N[C@@H]3CCc4ccccc43)nc3ccsc3c2=O)c(C)c1. The maximum Gasteiger partial charge on any atom is 0.276 e. The van der Waals surface area contributed by atoms with E-state index in [-0.39, 0.29) is 23.3 Å². The lowest BCUT2D eigenvalue weighted by Gasteiger charge is -2.16. The van der Waals surface area contributed by atoms with Crippen molar-refractivity contribution in [2.45, 2.75) is 37.9 Å². The molecule has 0 saturated carbocycles. The summed E-state index contributed by atoms with van der Waals surface area (Å²) < 4.78 is 2.28. The Labute approximate surface area is 194 Å². The van der Waals surface area contributed by atoms with Crippen molar-refractivity contribution < 1.29 is 4.79 Å². The molecule has 0 fully saturated rings. The summed E-state index contributed by atoms with van der Waals surface area (Å²) in [6, 6.07) is 16.2. The van der Waals surface area contributed by atoms with Gasteiger partial charge in [0.15, 0.2) is 5.16 Å². The lowest BCUT2D eigenvalue weighted by Crippen LogP contribution is -2.29. The van der Waals surface area contributed by atoms with Gasteiger partial charge >= 0.3 is 0 Å². The molecular formula is C25H23N3O2S2. The van der Waals surface area contributed by atoms with Crippen molar-refractivity contribution in [1.82, 2.24) is 14.9 Å². The molecule has 1 aliphatic carbocycles. The number of fused-ring (bicyclic) bond motifs is 2. The van der Waals surface area contributed by atoms with E-state index in [1.165, 1.54) is 34.2 Å². The topological polar surface area (TPSA) is 64.0 Å². The number of aryl methyl sites for hydroxylation is 3. The van der Waals surface area contributed by atoms with Crippen LogP contribution in [0.2, 0.25) is 0 Å². The zero-order chi connectivity index (χ0) is 22.2. The Balaban J connectivity index is 1.43. The fourth-order valence-corrected chi connectivity index (χ4v) is 5.91. The summed E-state index contributed by atoms with van der Waals surface area (Å²) >= 11 is 2.70. The monoisotopic (exact) mass is 461 g/mol. The summed E-state index contributed by atoms with van der Waals surface area (Å²) in [5.74, 6) is 0.148. The zero-order valence-electron chi connectivity index (χ0n) is 17.9. The smallest absolute Gasteiger partial charge is 0.276 e. The van der Waals surface area contributed by atoms with Crippen LogP contribution in [0, 0.1) is 13.8 Å². The van der Waals surface area contributed by atoms with E-state index < -0.39 is 0 Å². The van der Waals surface area contributed by atoms with Crippen molar-refractivity contribution >= 4 is 39.2 Å². The summed E-state index contributed by atoms with van der Waals surface area (Å²) in [6.07, 6.45) is 1.90. The molecule has 162 valence electrons. The molecule has 0 spiro atoms. The van der Waals surface area contributed by atoms with E-state index in [2.05, 4.69) is 23.5 Å². The minimum Gasteiger partial charge on any atom is -0.349 e. The molecule has 2 aromatic carbocycles. The second kappa shape index (κ2) is 8.56. The highest BCUT2D eigenvalue weighted by molar-refractivity contribution is 7.99. The lowest BCUT2D eigenvalue weighted by atomic mass is 10.1. The van der Waals surface area contributed by atoms with Gasteiger partial charge in [-0.15, -0.1) is 11.3 Å². The van der Waals surface area contributed by atoms with Gasteiger partial charge in [-0.2, -0.15) is 0 Å². The van der Waals surface area contributed by atoms with Crippen LogP contribution in [0.5, 0.6) is 0 Å². The molecule has 1 aliphatic rings. The Hall–Kier alpha value is -2.90. The van der Waals surface area contributed by atoms with E-state index in [0.29, 0.717) is 15.4 Å². The first-order chi connectivity index (χ1) is 15.5. The van der Waals surface area contributed by atoms with Gasteiger partial charge in [-0.25, -0.2) is 4.98 Å². The first kappa shape index (κ1) is 21.0. The zero-order valence-corrected chi connectivity index (χ0v) is 19.6. The minimum atomic E-state index is -0.0930. The highest BCUT2D eigenvalue weighted by Crippen LogP contribution is 2.31.